The minimum absolute atomic E-state index is 0.0368. The Bertz CT molecular complexity index is 870. The lowest BCUT2D eigenvalue weighted by Crippen LogP contribution is -2.23. The number of aryl methyl sites for hydroxylation is 1. The molecule has 0 unspecified atom stereocenters. The number of halogens is 1. The van der Waals surface area contributed by atoms with Crippen LogP contribution in [0.5, 0.6) is 0 Å². The zero-order valence-electron chi connectivity index (χ0n) is 18.6. The quantitative estimate of drug-likeness (QED) is 0.550. The van der Waals surface area contributed by atoms with Crippen LogP contribution in [0.3, 0.4) is 0 Å². The first-order chi connectivity index (χ1) is 14.2. The van der Waals surface area contributed by atoms with Crippen molar-refractivity contribution in [1.82, 2.24) is 0 Å². The number of hydrogen-bond donors (Lipinski definition) is 1. The highest BCUT2D eigenvalue weighted by atomic mass is 19.1. The molecule has 162 valence electrons. The average Bonchev–Trinajstić information content (AvgIpc) is 2.69. The number of benzene rings is 2. The largest absolute Gasteiger partial charge is 0.327 e. The molecule has 0 aromatic heterocycles. The zero-order valence-corrected chi connectivity index (χ0v) is 18.6. The van der Waals surface area contributed by atoms with Crippen LogP contribution in [0.15, 0.2) is 36.4 Å². The molecule has 2 aromatic rings. The van der Waals surface area contributed by atoms with Crippen molar-refractivity contribution < 1.29 is 14.0 Å². The minimum Gasteiger partial charge on any atom is -0.327 e. The van der Waals surface area contributed by atoms with Gasteiger partial charge in [-0.2, -0.15) is 0 Å². The third kappa shape index (κ3) is 6.60. The molecule has 2 rings (SSSR count). The molecule has 0 aliphatic carbocycles. The Labute approximate surface area is 179 Å². The van der Waals surface area contributed by atoms with Gasteiger partial charge < -0.3 is 5.73 Å². The summed E-state index contributed by atoms with van der Waals surface area (Å²) in [5.74, 6) is 0.00844. The third-order valence-corrected chi connectivity index (χ3v) is 5.85. The van der Waals surface area contributed by atoms with Crippen molar-refractivity contribution in [2.45, 2.75) is 78.2 Å². The molecule has 0 saturated carbocycles. The fourth-order valence-corrected chi connectivity index (χ4v) is 3.91. The summed E-state index contributed by atoms with van der Waals surface area (Å²) in [6.07, 6.45) is 3.20. The predicted octanol–water partition coefficient (Wildman–Crippen LogP) is 5.24. The molecule has 30 heavy (non-hydrogen) atoms. The molecule has 0 amide bonds. The van der Waals surface area contributed by atoms with Crippen LogP contribution in [-0.2, 0) is 28.9 Å². The van der Waals surface area contributed by atoms with Gasteiger partial charge in [0.25, 0.3) is 0 Å². The zero-order chi connectivity index (χ0) is 22.3. The van der Waals surface area contributed by atoms with Gasteiger partial charge in [0.05, 0.1) is 0 Å². The first-order valence-electron chi connectivity index (χ1n) is 10.8. The van der Waals surface area contributed by atoms with Gasteiger partial charge in [0.2, 0.25) is 0 Å². The van der Waals surface area contributed by atoms with Gasteiger partial charge in [-0.05, 0) is 72.9 Å². The fourth-order valence-electron chi connectivity index (χ4n) is 3.91. The normalized spacial score (nSPS) is 13.1. The second-order valence-corrected chi connectivity index (χ2v) is 8.43. The van der Waals surface area contributed by atoms with E-state index >= 15 is 0 Å². The smallest absolute Gasteiger partial charge is 0.137 e. The van der Waals surface area contributed by atoms with Crippen molar-refractivity contribution in [1.29, 1.82) is 0 Å². The van der Waals surface area contributed by atoms with Crippen LogP contribution >= 0.6 is 0 Å². The van der Waals surface area contributed by atoms with Gasteiger partial charge in [0, 0.05) is 25.3 Å². The van der Waals surface area contributed by atoms with Gasteiger partial charge in [0.1, 0.15) is 17.4 Å². The van der Waals surface area contributed by atoms with E-state index in [-0.39, 0.29) is 35.8 Å². The van der Waals surface area contributed by atoms with Crippen molar-refractivity contribution in [2.24, 2.45) is 5.73 Å². The Hall–Kier alpha value is -2.33. The van der Waals surface area contributed by atoms with Crippen LogP contribution in [0, 0.1) is 12.7 Å². The number of carbonyl (C=O) groups is 2. The summed E-state index contributed by atoms with van der Waals surface area (Å²) in [6.45, 7) is 7.60. The molecular formula is C26H34FNO2. The Morgan fingerprint density at radius 3 is 2.40 bits per heavy atom. The first-order valence-corrected chi connectivity index (χ1v) is 10.8. The van der Waals surface area contributed by atoms with E-state index in [9.17, 15) is 14.0 Å². The highest BCUT2D eigenvalue weighted by Crippen LogP contribution is 2.29. The van der Waals surface area contributed by atoms with E-state index in [4.69, 9.17) is 5.73 Å². The van der Waals surface area contributed by atoms with Gasteiger partial charge in [-0.25, -0.2) is 4.39 Å². The summed E-state index contributed by atoms with van der Waals surface area (Å²) in [7, 11) is 0. The third-order valence-electron chi connectivity index (χ3n) is 5.85. The second-order valence-electron chi connectivity index (χ2n) is 8.43. The van der Waals surface area contributed by atoms with Crippen LogP contribution in [0.4, 0.5) is 4.39 Å². The highest BCUT2D eigenvalue weighted by molar-refractivity contribution is 5.81. The monoisotopic (exact) mass is 411 g/mol. The van der Waals surface area contributed by atoms with Crippen LogP contribution in [-0.4, -0.2) is 17.6 Å². The van der Waals surface area contributed by atoms with E-state index in [2.05, 4.69) is 19.9 Å². The molecule has 0 aliphatic heterocycles. The van der Waals surface area contributed by atoms with E-state index < -0.39 is 0 Å². The lowest BCUT2D eigenvalue weighted by molar-refractivity contribution is -0.118. The molecule has 0 aliphatic rings. The molecule has 0 fully saturated rings. The van der Waals surface area contributed by atoms with Crippen molar-refractivity contribution in [3.63, 3.8) is 0 Å². The van der Waals surface area contributed by atoms with Gasteiger partial charge in [-0.15, -0.1) is 0 Å². The standard InChI is InChI=1S/C26H34FNO2/c1-5-21(28)15-25-20(14-19(4)29)9-7-10-23(25)18(3)12-13-22(30)16-24-17(2)8-6-11-26(24)27/h6-11,18,21H,5,12-16,28H2,1-4H3/t18-,21+/m1/s1. The van der Waals surface area contributed by atoms with Crippen LogP contribution in [0.25, 0.3) is 0 Å². The Morgan fingerprint density at radius 2 is 1.77 bits per heavy atom. The van der Waals surface area contributed by atoms with E-state index in [1.807, 2.05) is 25.1 Å². The topological polar surface area (TPSA) is 60.2 Å². The number of Topliss-reactive ketones (excluding diaryl/α,β-unsaturated/α-hetero) is 2. The summed E-state index contributed by atoms with van der Waals surface area (Å²) in [5.41, 5.74) is 10.9. The molecule has 2 atom stereocenters. The molecule has 2 aromatic carbocycles. The average molecular weight is 412 g/mol. The van der Waals surface area contributed by atoms with Gasteiger partial charge in [-0.1, -0.05) is 44.2 Å². The minimum atomic E-state index is -0.316. The molecule has 0 heterocycles. The Morgan fingerprint density at radius 1 is 1.07 bits per heavy atom. The first kappa shape index (κ1) is 23.9. The highest BCUT2D eigenvalue weighted by Gasteiger charge is 2.18. The molecule has 3 nitrogen and oxygen atoms in total. The maximum atomic E-state index is 14.0. The summed E-state index contributed by atoms with van der Waals surface area (Å²) < 4.78 is 14.0. The summed E-state index contributed by atoms with van der Waals surface area (Å²) in [4.78, 5) is 24.3. The molecule has 0 spiro atoms. The molecule has 4 heteroatoms. The van der Waals surface area contributed by atoms with Crippen molar-refractivity contribution in [2.75, 3.05) is 0 Å². The predicted molar refractivity (Wildman–Crippen MR) is 120 cm³/mol. The number of hydrogen-bond acceptors (Lipinski definition) is 3. The van der Waals surface area contributed by atoms with Crippen LogP contribution in [0.1, 0.15) is 73.8 Å². The molecule has 0 bridgehead atoms. The lowest BCUT2D eigenvalue weighted by atomic mass is 9.84. The fraction of sp³-hybridized carbons (Fsp3) is 0.462. The number of ketones is 2. The lowest BCUT2D eigenvalue weighted by Gasteiger charge is -2.21. The van der Waals surface area contributed by atoms with Gasteiger partial charge in [-0.3, -0.25) is 9.59 Å². The number of nitrogens with two attached hydrogens (primary N) is 1. The molecule has 0 saturated heterocycles. The van der Waals surface area contributed by atoms with Crippen LogP contribution < -0.4 is 5.73 Å². The van der Waals surface area contributed by atoms with Gasteiger partial charge >= 0.3 is 0 Å². The van der Waals surface area contributed by atoms with E-state index in [1.165, 1.54) is 6.07 Å². The number of rotatable bonds is 11. The summed E-state index contributed by atoms with van der Waals surface area (Å²) in [6, 6.07) is 11.0. The Kier molecular flexibility index (Phi) is 8.91. The SMILES string of the molecule is CC[C@H](N)Cc1c(CC(C)=O)cccc1[C@H](C)CCC(=O)Cc1c(C)cccc1F. The van der Waals surface area contributed by atoms with Gasteiger partial charge in [0.15, 0.2) is 0 Å². The number of carbonyl (C=O) groups excluding carboxylic acids is 2. The van der Waals surface area contributed by atoms with Crippen molar-refractivity contribution in [3.05, 3.63) is 70.0 Å². The van der Waals surface area contributed by atoms with E-state index in [0.29, 0.717) is 24.8 Å². The summed E-state index contributed by atoms with van der Waals surface area (Å²) in [5, 5.41) is 0. The van der Waals surface area contributed by atoms with Crippen molar-refractivity contribution >= 4 is 11.6 Å². The van der Waals surface area contributed by atoms with Crippen molar-refractivity contribution in [3.8, 4) is 0 Å². The Balaban J connectivity index is 2.14. The van der Waals surface area contributed by atoms with E-state index in [1.54, 1.807) is 13.0 Å². The maximum Gasteiger partial charge on any atom is 0.137 e. The second kappa shape index (κ2) is 11.2. The molecular weight excluding hydrogens is 377 g/mol. The van der Waals surface area contributed by atoms with Crippen LogP contribution in [0.2, 0.25) is 0 Å². The van der Waals surface area contributed by atoms with E-state index in [0.717, 1.165) is 35.1 Å². The summed E-state index contributed by atoms with van der Waals surface area (Å²) >= 11 is 0. The maximum absolute atomic E-state index is 14.0. The molecule has 2 N–H and O–H groups in total. The molecule has 0 radical (unpaired) electrons.